The van der Waals surface area contributed by atoms with Crippen LogP contribution in [-0.4, -0.2) is 59.1 Å². The highest BCUT2D eigenvalue weighted by Crippen LogP contribution is 2.37. The molecule has 1 rings (SSSR count). The lowest BCUT2D eigenvalue weighted by Gasteiger charge is -2.33. The third-order valence-electron chi connectivity index (χ3n) is 3.67. The Labute approximate surface area is 106 Å². The summed E-state index contributed by atoms with van der Waals surface area (Å²) >= 11 is 0. The van der Waals surface area contributed by atoms with Crippen LogP contribution in [0.5, 0.6) is 0 Å². The topological polar surface area (TPSA) is 49.4 Å². The van der Waals surface area contributed by atoms with Gasteiger partial charge >= 0.3 is 0 Å². The fourth-order valence-electron chi connectivity index (χ4n) is 2.86. The average molecular weight is 262 g/mol. The van der Waals surface area contributed by atoms with Crippen LogP contribution in [0.15, 0.2) is 0 Å². The molecule has 0 spiro atoms. The minimum Gasteiger partial charge on any atom is -0.319 e. The van der Waals surface area contributed by atoms with E-state index in [2.05, 4.69) is 10.2 Å². The number of rotatable bonds is 7. The van der Waals surface area contributed by atoms with Crippen LogP contribution in [0, 0.1) is 5.41 Å². The standard InChI is InChI=1S/C12H26N2O2S/c1-13-10-12(6-4-5-7-12)11-14(2)8-9-17(3,15)16/h13H,4-11H2,1-3H3. The van der Waals surface area contributed by atoms with Crippen molar-refractivity contribution < 1.29 is 8.42 Å². The van der Waals surface area contributed by atoms with Gasteiger partial charge < -0.3 is 10.2 Å². The van der Waals surface area contributed by atoms with E-state index in [-0.39, 0.29) is 5.75 Å². The lowest BCUT2D eigenvalue weighted by molar-refractivity contribution is 0.181. The molecular weight excluding hydrogens is 236 g/mol. The molecule has 0 amide bonds. The number of hydrogen-bond donors (Lipinski definition) is 1. The van der Waals surface area contributed by atoms with Gasteiger partial charge in [-0.2, -0.15) is 0 Å². The van der Waals surface area contributed by atoms with Gasteiger partial charge in [0.05, 0.1) is 5.75 Å². The Bertz CT molecular complexity index is 321. The van der Waals surface area contributed by atoms with Gasteiger partial charge in [0.15, 0.2) is 0 Å². The molecule has 0 radical (unpaired) electrons. The van der Waals surface area contributed by atoms with E-state index in [4.69, 9.17) is 0 Å². The van der Waals surface area contributed by atoms with Gasteiger partial charge in [0.25, 0.3) is 0 Å². The van der Waals surface area contributed by atoms with Gasteiger partial charge in [-0.1, -0.05) is 12.8 Å². The Hall–Kier alpha value is -0.130. The van der Waals surface area contributed by atoms with E-state index >= 15 is 0 Å². The number of sulfone groups is 1. The predicted octanol–water partition coefficient (Wildman–Crippen LogP) is 0.743. The molecule has 1 fully saturated rings. The summed E-state index contributed by atoms with van der Waals surface area (Å²) < 4.78 is 22.3. The fourth-order valence-corrected chi connectivity index (χ4v) is 3.51. The van der Waals surface area contributed by atoms with E-state index in [0.717, 1.165) is 13.1 Å². The molecule has 0 atom stereocenters. The SMILES string of the molecule is CNCC1(CN(C)CCS(C)(=O)=O)CCCC1. The first kappa shape index (κ1) is 14.9. The van der Waals surface area contributed by atoms with Crippen molar-refractivity contribution in [2.45, 2.75) is 25.7 Å². The Morgan fingerprint density at radius 3 is 2.35 bits per heavy atom. The molecule has 0 bridgehead atoms. The quantitative estimate of drug-likeness (QED) is 0.735. The zero-order chi connectivity index (χ0) is 12.9. The number of nitrogens with one attached hydrogen (secondary N) is 1. The van der Waals surface area contributed by atoms with Crippen molar-refractivity contribution in [2.75, 3.05) is 45.7 Å². The Kier molecular flexibility index (Phi) is 5.41. The summed E-state index contributed by atoms with van der Waals surface area (Å²) in [6.45, 7) is 2.68. The maximum Gasteiger partial charge on any atom is 0.148 e. The molecular formula is C12H26N2O2S. The molecule has 0 unspecified atom stereocenters. The van der Waals surface area contributed by atoms with Gasteiger partial charge in [-0.05, 0) is 32.4 Å². The highest BCUT2D eigenvalue weighted by atomic mass is 32.2. The molecule has 0 aromatic carbocycles. The third-order valence-corrected chi connectivity index (χ3v) is 4.59. The lowest BCUT2D eigenvalue weighted by atomic mass is 9.85. The molecule has 1 aliphatic rings. The fraction of sp³-hybridized carbons (Fsp3) is 1.00. The molecule has 1 N–H and O–H groups in total. The summed E-state index contributed by atoms with van der Waals surface area (Å²) in [7, 11) is 1.18. The minimum absolute atomic E-state index is 0.263. The lowest BCUT2D eigenvalue weighted by Crippen LogP contribution is -2.41. The first-order valence-electron chi connectivity index (χ1n) is 6.38. The third kappa shape index (κ3) is 5.36. The molecule has 1 saturated carbocycles. The van der Waals surface area contributed by atoms with Crippen molar-refractivity contribution in [1.82, 2.24) is 10.2 Å². The molecule has 0 saturated heterocycles. The van der Waals surface area contributed by atoms with Crippen molar-refractivity contribution >= 4 is 9.84 Å². The summed E-state index contributed by atoms with van der Waals surface area (Å²) in [5.74, 6) is 0.263. The second kappa shape index (κ2) is 6.16. The molecule has 0 aromatic rings. The summed E-state index contributed by atoms with van der Waals surface area (Å²) in [5, 5.41) is 3.28. The molecule has 102 valence electrons. The van der Waals surface area contributed by atoms with E-state index in [9.17, 15) is 8.42 Å². The average Bonchev–Trinajstić information content (AvgIpc) is 2.63. The van der Waals surface area contributed by atoms with E-state index < -0.39 is 9.84 Å². The van der Waals surface area contributed by atoms with Crippen LogP contribution in [0.25, 0.3) is 0 Å². The highest BCUT2D eigenvalue weighted by molar-refractivity contribution is 7.90. The van der Waals surface area contributed by atoms with Crippen LogP contribution in [0.1, 0.15) is 25.7 Å². The summed E-state index contributed by atoms with van der Waals surface area (Å²) in [6, 6.07) is 0. The van der Waals surface area contributed by atoms with Gasteiger partial charge in [0.1, 0.15) is 9.84 Å². The molecule has 1 aliphatic carbocycles. The second-order valence-corrected chi connectivity index (χ2v) is 7.86. The summed E-state index contributed by atoms with van der Waals surface area (Å²) in [5.41, 5.74) is 0.362. The van der Waals surface area contributed by atoms with Crippen LogP contribution < -0.4 is 5.32 Å². The molecule has 4 nitrogen and oxygen atoms in total. The zero-order valence-corrected chi connectivity index (χ0v) is 12.1. The maximum absolute atomic E-state index is 11.1. The maximum atomic E-state index is 11.1. The van der Waals surface area contributed by atoms with E-state index in [1.165, 1.54) is 31.9 Å². The molecule has 0 aromatic heterocycles. The first-order chi connectivity index (χ1) is 7.87. The monoisotopic (exact) mass is 262 g/mol. The zero-order valence-electron chi connectivity index (χ0n) is 11.3. The van der Waals surface area contributed by atoms with Crippen molar-refractivity contribution in [2.24, 2.45) is 5.41 Å². The minimum atomic E-state index is -2.84. The van der Waals surface area contributed by atoms with Crippen LogP contribution >= 0.6 is 0 Å². The highest BCUT2D eigenvalue weighted by Gasteiger charge is 2.34. The van der Waals surface area contributed by atoms with Crippen molar-refractivity contribution in [1.29, 1.82) is 0 Å². The largest absolute Gasteiger partial charge is 0.319 e. The smallest absolute Gasteiger partial charge is 0.148 e. The van der Waals surface area contributed by atoms with E-state index in [1.54, 1.807) is 0 Å². The van der Waals surface area contributed by atoms with Gasteiger partial charge in [-0.15, -0.1) is 0 Å². The Balaban J connectivity index is 2.44. The Morgan fingerprint density at radius 2 is 1.88 bits per heavy atom. The van der Waals surface area contributed by atoms with E-state index in [1.807, 2.05) is 14.1 Å². The van der Waals surface area contributed by atoms with Gasteiger partial charge in [-0.3, -0.25) is 0 Å². The van der Waals surface area contributed by atoms with Crippen LogP contribution in [0.3, 0.4) is 0 Å². The van der Waals surface area contributed by atoms with Crippen LogP contribution in [0.4, 0.5) is 0 Å². The molecule has 0 heterocycles. The molecule has 0 aliphatic heterocycles. The summed E-state index contributed by atoms with van der Waals surface area (Å²) in [4.78, 5) is 2.17. The normalized spacial score (nSPS) is 20.0. The number of nitrogens with zero attached hydrogens (tertiary/aromatic N) is 1. The van der Waals surface area contributed by atoms with Crippen LogP contribution in [-0.2, 0) is 9.84 Å². The van der Waals surface area contributed by atoms with E-state index in [0.29, 0.717) is 12.0 Å². The van der Waals surface area contributed by atoms with Crippen molar-refractivity contribution in [3.05, 3.63) is 0 Å². The van der Waals surface area contributed by atoms with Crippen molar-refractivity contribution in [3.63, 3.8) is 0 Å². The van der Waals surface area contributed by atoms with Gasteiger partial charge in [-0.25, -0.2) is 8.42 Å². The first-order valence-corrected chi connectivity index (χ1v) is 8.44. The van der Waals surface area contributed by atoms with Gasteiger partial charge in [0, 0.05) is 25.9 Å². The number of hydrogen-bond acceptors (Lipinski definition) is 4. The predicted molar refractivity (Wildman–Crippen MR) is 72.0 cm³/mol. The van der Waals surface area contributed by atoms with Crippen LogP contribution in [0.2, 0.25) is 0 Å². The second-order valence-electron chi connectivity index (χ2n) is 5.61. The molecule has 17 heavy (non-hydrogen) atoms. The molecule has 5 heteroatoms. The summed E-state index contributed by atoms with van der Waals surface area (Å²) in [6.07, 6.45) is 6.44. The van der Waals surface area contributed by atoms with Crippen molar-refractivity contribution in [3.8, 4) is 0 Å². The Morgan fingerprint density at radius 1 is 1.29 bits per heavy atom. The van der Waals surface area contributed by atoms with Gasteiger partial charge in [0.2, 0.25) is 0 Å².